The van der Waals surface area contributed by atoms with E-state index in [2.05, 4.69) is 149 Å². The number of hydrogen-bond acceptors (Lipinski definition) is 2. The summed E-state index contributed by atoms with van der Waals surface area (Å²) < 4.78 is 2.38. The first kappa shape index (κ1) is 27.8. The largest absolute Gasteiger partial charge is 0.657 e. The van der Waals surface area contributed by atoms with Crippen LogP contribution < -0.4 is 14.8 Å². The molecule has 0 atom stereocenters. The van der Waals surface area contributed by atoms with Crippen molar-refractivity contribution in [2.45, 2.75) is 0 Å². The van der Waals surface area contributed by atoms with Gasteiger partial charge in [0.05, 0.1) is 11.0 Å². The van der Waals surface area contributed by atoms with E-state index in [1.165, 1.54) is 49.6 Å². The summed E-state index contributed by atoms with van der Waals surface area (Å²) >= 11 is 0. The van der Waals surface area contributed by atoms with Gasteiger partial charge in [-0.1, -0.05) is 109 Å². The van der Waals surface area contributed by atoms with Gasteiger partial charge >= 0.3 is 0 Å². The first-order chi connectivity index (χ1) is 21.3. The molecule has 0 bridgehead atoms. The molecule has 1 aliphatic rings. The Kier molecular flexibility index (Phi) is 7.55. The third-order valence-electron chi connectivity index (χ3n) is 7.99. The summed E-state index contributed by atoms with van der Waals surface area (Å²) in [6, 6.07) is 52.6. The fourth-order valence-electron chi connectivity index (χ4n) is 6.02. The van der Waals surface area contributed by atoms with Crippen molar-refractivity contribution in [3.05, 3.63) is 171 Å². The monoisotopic (exact) mass is 749 g/mol. The molecule has 0 saturated carbocycles. The van der Waals surface area contributed by atoms with Crippen molar-refractivity contribution in [1.82, 2.24) is 9.55 Å². The molecule has 0 spiro atoms. The molecule has 0 amide bonds. The van der Waals surface area contributed by atoms with E-state index in [4.69, 9.17) is 4.98 Å². The molecule has 0 fully saturated rings. The molecule has 217 valence electrons. The molecule has 0 unspecified atom stereocenters. The summed E-state index contributed by atoms with van der Waals surface area (Å²) in [4.78, 5) is 9.07. The minimum absolute atomic E-state index is 0. The fourth-order valence-corrected chi connectivity index (χ4v) is 6.02. The number of anilines is 2. The molecule has 0 N–H and O–H groups in total. The van der Waals surface area contributed by atoms with Crippen LogP contribution in [0.5, 0.6) is 0 Å². The maximum atomic E-state index is 4.86. The molecule has 5 heteroatoms. The number of rotatable bonds is 3. The average molecular weight is 750 g/mol. The number of fused-ring (bicyclic) bond motifs is 7. The van der Waals surface area contributed by atoms with Crippen LogP contribution in [-0.4, -0.2) is 4.57 Å². The smallest absolute Gasteiger partial charge is 0.0606 e. The van der Waals surface area contributed by atoms with Crippen molar-refractivity contribution in [1.29, 1.82) is 0 Å². The molecular weight excluding hydrogens is 721 g/mol. The zero-order valence-electron chi connectivity index (χ0n) is 23.8. The molecule has 9 rings (SSSR count). The zero-order chi connectivity index (χ0) is 28.6. The molecule has 8 aromatic rings. The Hall–Kier alpha value is -5.00. The quantitative estimate of drug-likeness (QED) is 0.133. The Morgan fingerprint density at radius 3 is 1.59 bits per heavy atom. The number of hydrogen-bond donors (Lipinski definition) is 0. The van der Waals surface area contributed by atoms with Crippen LogP contribution >= 0.6 is 0 Å². The first-order valence-corrected chi connectivity index (χ1v) is 14.5. The van der Waals surface area contributed by atoms with E-state index in [0.29, 0.717) is 0 Å². The van der Waals surface area contributed by atoms with Crippen LogP contribution in [-0.2, 0) is 22.4 Å². The van der Waals surface area contributed by atoms with E-state index < -0.39 is 0 Å². The molecule has 3 heterocycles. The maximum Gasteiger partial charge on any atom is 0.0606 e. The molecule has 6 aromatic carbocycles. The predicted octanol–water partition coefficient (Wildman–Crippen LogP) is 9.65. The molecule has 4 nitrogen and oxygen atoms in total. The Labute approximate surface area is 272 Å². The van der Waals surface area contributed by atoms with Crippen LogP contribution in [0.4, 0.5) is 11.4 Å². The standard InChI is InChI=1S/C24H15N2.C15H13N2.Au/c1-2-8-16(9-3-1)26-22-13-7-5-10-17(22)18-14-15-21-23(24(18)26)19-11-4-6-12-20(19)25-21;1-3-7-14(8-4-1)16-11-12-17(13-16)15-9-5-2-6-10-15;/h1-15H;1-13H;/q2*-1;. The van der Waals surface area contributed by atoms with Crippen LogP contribution in [0.25, 0.3) is 49.3 Å². The minimum Gasteiger partial charge on any atom is -0.657 e. The number of para-hydroxylation sites is 5. The summed E-state index contributed by atoms with van der Waals surface area (Å²) in [6.45, 7) is 2.07. The molecule has 0 saturated heterocycles. The van der Waals surface area contributed by atoms with Gasteiger partial charge in [0.1, 0.15) is 0 Å². The maximum absolute atomic E-state index is 4.86. The molecule has 1 radical (unpaired) electrons. The Balaban J connectivity index is 0.000000152. The summed E-state index contributed by atoms with van der Waals surface area (Å²) in [5, 5.41) is 5.00. The third-order valence-corrected chi connectivity index (χ3v) is 7.99. The fraction of sp³-hybridized carbons (Fsp3) is 0. The first-order valence-electron chi connectivity index (χ1n) is 14.5. The van der Waals surface area contributed by atoms with E-state index in [0.717, 1.165) is 11.0 Å². The van der Waals surface area contributed by atoms with Gasteiger partial charge in [0.25, 0.3) is 0 Å². The summed E-state index contributed by atoms with van der Waals surface area (Å²) in [7, 11) is 0. The zero-order valence-corrected chi connectivity index (χ0v) is 25.9. The SMILES string of the molecule is C1=CN(c2ccccc2)[CH-]N1c1ccccc1.[Au].c1ccc(-n2c3ccccc3c3ccc4[n-]c5ccccc5c4c32)cc1. The summed E-state index contributed by atoms with van der Waals surface area (Å²) in [6.07, 6.45) is 4.12. The van der Waals surface area contributed by atoms with Gasteiger partial charge in [-0.25, -0.2) is 0 Å². The second kappa shape index (κ2) is 11.9. The molecule has 1 aliphatic heterocycles. The van der Waals surface area contributed by atoms with Gasteiger partial charge in [0.15, 0.2) is 0 Å². The molecule has 2 aromatic heterocycles. The minimum atomic E-state index is 0. The van der Waals surface area contributed by atoms with Crippen LogP contribution in [0.3, 0.4) is 0 Å². The summed E-state index contributed by atoms with van der Waals surface area (Å²) in [5.41, 5.74) is 8.09. The van der Waals surface area contributed by atoms with Crippen molar-refractivity contribution in [2.75, 3.05) is 9.80 Å². The van der Waals surface area contributed by atoms with Crippen molar-refractivity contribution < 1.29 is 22.4 Å². The van der Waals surface area contributed by atoms with Crippen molar-refractivity contribution in [3.8, 4) is 5.69 Å². The van der Waals surface area contributed by atoms with Crippen molar-refractivity contribution in [3.63, 3.8) is 0 Å². The Bertz CT molecular complexity index is 2170. The van der Waals surface area contributed by atoms with Gasteiger partial charge in [-0.2, -0.15) is 0 Å². The molecule has 44 heavy (non-hydrogen) atoms. The van der Waals surface area contributed by atoms with Gasteiger partial charge in [-0.15, -0.1) is 17.7 Å². The van der Waals surface area contributed by atoms with E-state index >= 15 is 0 Å². The van der Waals surface area contributed by atoms with Gasteiger partial charge in [0, 0.05) is 50.2 Å². The van der Waals surface area contributed by atoms with Gasteiger partial charge < -0.3 is 19.4 Å². The molecular formula is C39H28AuN4-2. The van der Waals surface area contributed by atoms with Gasteiger partial charge in [-0.05, 0) is 65.6 Å². The second-order valence-corrected chi connectivity index (χ2v) is 10.6. The van der Waals surface area contributed by atoms with Crippen LogP contribution in [0.1, 0.15) is 0 Å². The second-order valence-electron chi connectivity index (χ2n) is 10.6. The topological polar surface area (TPSA) is 25.5 Å². The van der Waals surface area contributed by atoms with Crippen LogP contribution in [0.15, 0.2) is 164 Å². The van der Waals surface area contributed by atoms with E-state index in [-0.39, 0.29) is 22.4 Å². The molecule has 0 aliphatic carbocycles. The number of aromatic nitrogens is 2. The van der Waals surface area contributed by atoms with Gasteiger partial charge in [-0.3, -0.25) is 0 Å². The average Bonchev–Trinajstić information content (AvgIpc) is 3.81. The van der Waals surface area contributed by atoms with E-state index in [1.54, 1.807) is 0 Å². The predicted molar refractivity (Wildman–Crippen MR) is 180 cm³/mol. The number of benzene rings is 6. The van der Waals surface area contributed by atoms with E-state index in [1.807, 2.05) is 36.4 Å². The third kappa shape index (κ3) is 4.89. The summed E-state index contributed by atoms with van der Waals surface area (Å²) in [5.74, 6) is 0. The normalized spacial score (nSPS) is 12.5. The Morgan fingerprint density at radius 1 is 0.432 bits per heavy atom. The van der Waals surface area contributed by atoms with Gasteiger partial charge in [0.2, 0.25) is 0 Å². The Morgan fingerprint density at radius 2 is 0.955 bits per heavy atom. The number of nitrogens with zero attached hydrogens (tertiary/aromatic N) is 4. The van der Waals surface area contributed by atoms with Crippen molar-refractivity contribution >= 4 is 55.0 Å². The van der Waals surface area contributed by atoms with Crippen LogP contribution in [0.2, 0.25) is 0 Å². The van der Waals surface area contributed by atoms with Crippen molar-refractivity contribution in [2.24, 2.45) is 0 Å². The van der Waals surface area contributed by atoms with Crippen LogP contribution in [0, 0.1) is 6.67 Å². The van der Waals surface area contributed by atoms with E-state index in [9.17, 15) is 0 Å².